The van der Waals surface area contributed by atoms with Crippen LogP contribution in [-0.2, 0) is 6.54 Å². The quantitative estimate of drug-likeness (QED) is 0.436. The fourth-order valence-electron chi connectivity index (χ4n) is 2.84. The minimum absolute atomic E-state index is 0.332. The number of fused-ring (bicyclic) bond motifs is 1. The van der Waals surface area contributed by atoms with Crippen LogP contribution in [0.3, 0.4) is 0 Å². The van der Waals surface area contributed by atoms with Crippen molar-refractivity contribution in [2.45, 2.75) is 19.9 Å². The molecule has 10 heteroatoms. The number of aryl methyl sites for hydroxylation is 2. The second kappa shape index (κ2) is 7.93. The number of aromatic nitrogens is 6. The molecule has 144 valence electrons. The van der Waals surface area contributed by atoms with Crippen molar-refractivity contribution in [3.05, 3.63) is 59.0 Å². The SMILES string of the molecule is Cc1c(OCCCn2nccn2)cn2ncnc(Nc3ccc(Br)cc3F)c12. The molecule has 4 rings (SSSR count). The maximum Gasteiger partial charge on any atom is 0.158 e. The van der Waals surface area contributed by atoms with E-state index in [4.69, 9.17) is 4.74 Å². The number of halogens is 2. The first kappa shape index (κ1) is 18.4. The van der Waals surface area contributed by atoms with Crippen LogP contribution in [-0.4, -0.2) is 36.2 Å². The van der Waals surface area contributed by atoms with Gasteiger partial charge >= 0.3 is 0 Å². The summed E-state index contributed by atoms with van der Waals surface area (Å²) < 4.78 is 22.4. The van der Waals surface area contributed by atoms with Gasteiger partial charge in [-0.2, -0.15) is 20.1 Å². The van der Waals surface area contributed by atoms with Crippen molar-refractivity contribution in [2.75, 3.05) is 11.9 Å². The van der Waals surface area contributed by atoms with Crippen LogP contribution in [0.15, 0.2) is 47.6 Å². The Bertz CT molecular complexity index is 1100. The second-order valence-electron chi connectivity index (χ2n) is 6.10. The van der Waals surface area contributed by atoms with Crippen LogP contribution in [0.4, 0.5) is 15.9 Å². The summed E-state index contributed by atoms with van der Waals surface area (Å²) in [5.41, 5.74) is 1.94. The van der Waals surface area contributed by atoms with E-state index < -0.39 is 0 Å². The first-order valence-electron chi connectivity index (χ1n) is 8.64. The normalized spacial score (nSPS) is 11.1. The van der Waals surface area contributed by atoms with Crippen molar-refractivity contribution < 1.29 is 9.13 Å². The molecule has 0 radical (unpaired) electrons. The summed E-state index contributed by atoms with van der Waals surface area (Å²) in [7, 11) is 0. The molecule has 0 spiro atoms. The van der Waals surface area contributed by atoms with E-state index in [1.807, 2.05) is 6.92 Å². The Kier molecular flexibility index (Phi) is 5.20. The lowest BCUT2D eigenvalue weighted by Gasteiger charge is -2.09. The Labute approximate surface area is 168 Å². The zero-order valence-electron chi connectivity index (χ0n) is 15.0. The van der Waals surface area contributed by atoms with Gasteiger partial charge in [-0.1, -0.05) is 15.9 Å². The molecule has 0 aliphatic heterocycles. The van der Waals surface area contributed by atoms with Crippen molar-refractivity contribution in [3.8, 4) is 5.75 Å². The van der Waals surface area contributed by atoms with Gasteiger partial charge in [0, 0.05) is 16.5 Å². The summed E-state index contributed by atoms with van der Waals surface area (Å²) in [5.74, 6) is 0.830. The molecule has 0 aliphatic rings. The van der Waals surface area contributed by atoms with Crippen LogP contribution in [0, 0.1) is 12.7 Å². The third-order valence-electron chi connectivity index (χ3n) is 4.19. The number of anilines is 2. The predicted molar refractivity (Wildman–Crippen MR) is 105 cm³/mol. The number of benzene rings is 1. The topological polar surface area (TPSA) is 82.2 Å². The molecule has 28 heavy (non-hydrogen) atoms. The summed E-state index contributed by atoms with van der Waals surface area (Å²) in [5, 5.41) is 15.4. The molecule has 0 atom stereocenters. The largest absolute Gasteiger partial charge is 0.492 e. The smallest absolute Gasteiger partial charge is 0.158 e. The second-order valence-corrected chi connectivity index (χ2v) is 7.01. The highest BCUT2D eigenvalue weighted by Gasteiger charge is 2.15. The van der Waals surface area contributed by atoms with Gasteiger partial charge in [0.2, 0.25) is 0 Å². The first-order chi connectivity index (χ1) is 13.6. The lowest BCUT2D eigenvalue weighted by atomic mass is 10.2. The van der Waals surface area contributed by atoms with Gasteiger partial charge in [-0.05, 0) is 25.1 Å². The Morgan fingerprint density at radius 1 is 1.21 bits per heavy atom. The minimum atomic E-state index is -0.376. The van der Waals surface area contributed by atoms with Crippen molar-refractivity contribution in [1.29, 1.82) is 0 Å². The van der Waals surface area contributed by atoms with Crippen molar-refractivity contribution in [2.24, 2.45) is 0 Å². The van der Waals surface area contributed by atoms with E-state index in [1.54, 1.807) is 40.0 Å². The average molecular weight is 446 g/mol. The Hall–Kier alpha value is -3.01. The molecule has 3 aromatic heterocycles. The van der Waals surface area contributed by atoms with Crippen LogP contribution in [0.5, 0.6) is 5.75 Å². The van der Waals surface area contributed by atoms with Crippen LogP contribution in [0.25, 0.3) is 5.52 Å². The number of hydrogen-bond donors (Lipinski definition) is 1. The lowest BCUT2D eigenvalue weighted by Crippen LogP contribution is -2.07. The van der Waals surface area contributed by atoms with Crippen LogP contribution < -0.4 is 10.1 Å². The fourth-order valence-corrected chi connectivity index (χ4v) is 3.17. The zero-order valence-corrected chi connectivity index (χ0v) is 16.6. The van der Waals surface area contributed by atoms with Crippen LogP contribution in [0.2, 0.25) is 0 Å². The average Bonchev–Trinajstić information content (AvgIpc) is 3.30. The number of rotatable bonds is 7. The molecule has 0 bridgehead atoms. The highest BCUT2D eigenvalue weighted by Crippen LogP contribution is 2.30. The molecule has 4 aromatic rings. The number of hydrogen-bond acceptors (Lipinski definition) is 6. The van der Waals surface area contributed by atoms with E-state index in [0.29, 0.717) is 34.9 Å². The van der Waals surface area contributed by atoms with Crippen LogP contribution in [0.1, 0.15) is 12.0 Å². The van der Waals surface area contributed by atoms with Crippen LogP contribution >= 0.6 is 15.9 Å². The third kappa shape index (κ3) is 3.81. The van der Waals surface area contributed by atoms with Crippen molar-refractivity contribution in [1.82, 2.24) is 29.6 Å². The van der Waals surface area contributed by atoms with E-state index in [-0.39, 0.29) is 5.82 Å². The molecule has 0 fully saturated rings. The maximum absolute atomic E-state index is 14.2. The molecule has 1 N–H and O–H groups in total. The first-order valence-corrected chi connectivity index (χ1v) is 9.43. The fraction of sp³-hybridized carbons (Fsp3) is 0.222. The third-order valence-corrected chi connectivity index (χ3v) is 4.68. The van der Waals surface area contributed by atoms with Gasteiger partial charge in [0.05, 0.1) is 37.4 Å². The zero-order chi connectivity index (χ0) is 19.5. The standard InChI is InChI=1S/C18H17BrFN7O/c1-12-16(28-8-2-7-27-22-5-6-23-27)10-26-17(12)18(21-11-24-26)25-15-4-3-13(19)9-14(15)20/h3-6,9-11H,2,7-8H2,1H3,(H,21,24,25). The molecular formula is C18H17BrFN7O. The number of nitrogens with one attached hydrogen (secondary N) is 1. The lowest BCUT2D eigenvalue weighted by molar-refractivity contribution is 0.292. The minimum Gasteiger partial charge on any atom is -0.492 e. The molecule has 1 aromatic carbocycles. The summed E-state index contributed by atoms with van der Waals surface area (Å²) in [6.07, 6.45) is 7.27. The molecule has 0 saturated heterocycles. The molecule has 8 nitrogen and oxygen atoms in total. The Morgan fingerprint density at radius 3 is 2.82 bits per heavy atom. The molecule has 0 saturated carbocycles. The Morgan fingerprint density at radius 2 is 2.04 bits per heavy atom. The maximum atomic E-state index is 14.2. The van der Waals surface area contributed by atoms with E-state index in [1.165, 1.54) is 12.4 Å². The summed E-state index contributed by atoms with van der Waals surface area (Å²) in [4.78, 5) is 5.89. The van der Waals surface area contributed by atoms with Gasteiger partial charge in [0.15, 0.2) is 5.82 Å². The van der Waals surface area contributed by atoms with E-state index >= 15 is 0 Å². The Balaban J connectivity index is 1.52. The molecular weight excluding hydrogens is 429 g/mol. The van der Waals surface area contributed by atoms with Gasteiger partial charge in [-0.15, -0.1) is 0 Å². The van der Waals surface area contributed by atoms with Gasteiger partial charge in [0.25, 0.3) is 0 Å². The summed E-state index contributed by atoms with van der Waals surface area (Å²) in [6, 6.07) is 4.81. The number of ether oxygens (including phenoxy) is 1. The highest BCUT2D eigenvalue weighted by molar-refractivity contribution is 9.10. The van der Waals surface area contributed by atoms with Gasteiger partial charge in [-0.3, -0.25) is 0 Å². The van der Waals surface area contributed by atoms with Crippen molar-refractivity contribution >= 4 is 33.0 Å². The van der Waals surface area contributed by atoms with Gasteiger partial charge in [0.1, 0.15) is 23.4 Å². The monoisotopic (exact) mass is 445 g/mol. The highest BCUT2D eigenvalue weighted by atomic mass is 79.9. The summed E-state index contributed by atoms with van der Waals surface area (Å²) in [6.45, 7) is 3.11. The molecule has 0 aliphatic carbocycles. The molecule has 0 unspecified atom stereocenters. The predicted octanol–water partition coefficient (Wildman–Crippen LogP) is 3.74. The van der Waals surface area contributed by atoms with E-state index in [9.17, 15) is 4.39 Å². The van der Waals surface area contributed by atoms with E-state index in [2.05, 4.69) is 41.5 Å². The van der Waals surface area contributed by atoms with Gasteiger partial charge < -0.3 is 10.1 Å². The molecule has 0 amide bonds. The number of nitrogens with zero attached hydrogens (tertiary/aromatic N) is 6. The van der Waals surface area contributed by atoms with E-state index in [0.717, 1.165) is 17.5 Å². The summed E-state index contributed by atoms with van der Waals surface area (Å²) >= 11 is 3.26. The molecule has 3 heterocycles. The van der Waals surface area contributed by atoms with Gasteiger partial charge in [-0.25, -0.2) is 13.9 Å². The van der Waals surface area contributed by atoms with Crippen molar-refractivity contribution in [3.63, 3.8) is 0 Å².